The van der Waals surface area contributed by atoms with E-state index in [4.69, 9.17) is 11.7 Å². The molecule has 0 aromatic rings. The maximum absolute atomic E-state index is 11.3. The van der Waals surface area contributed by atoms with Crippen molar-refractivity contribution in [3.63, 3.8) is 0 Å². The van der Waals surface area contributed by atoms with Crippen LogP contribution < -0.4 is 5.32 Å². The van der Waals surface area contributed by atoms with E-state index in [1.165, 1.54) is 0 Å². The summed E-state index contributed by atoms with van der Waals surface area (Å²) in [7, 11) is 0. The van der Waals surface area contributed by atoms with Gasteiger partial charge >= 0.3 is 5.97 Å². The molecule has 0 heterocycles. The lowest BCUT2D eigenvalue weighted by Gasteiger charge is -2.19. The second-order valence-electron chi connectivity index (χ2n) is 4.58. The van der Waals surface area contributed by atoms with Crippen LogP contribution in [0, 0.1) is 6.92 Å². The first-order valence-corrected chi connectivity index (χ1v) is 5.54. The van der Waals surface area contributed by atoms with Gasteiger partial charge in [0, 0.05) is 13.0 Å². The summed E-state index contributed by atoms with van der Waals surface area (Å²) in [5.74, 6) is -0.485. The summed E-state index contributed by atoms with van der Waals surface area (Å²) in [6, 6.07) is 0. The second-order valence-corrected chi connectivity index (χ2v) is 4.58. The molecule has 0 rings (SSSR count). The smallest absolute Gasteiger partial charge is 0.306 e. The van der Waals surface area contributed by atoms with Crippen molar-refractivity contribution in [1.82, 2.24) is 5.32 Å². The van der Waals surface area contributed by atoms with E-state index in [0.29, 0.717) is 13.0 Å². The van der Waals surface area contributed by atoms with E-state index < -0.39 is 5.60 Å². The van der Waals surface area contributed by atoms with Crippen molar-refractivity contribution in [2.45, 2.75) is 52.1 Å². The summed E-state index contributed by atoms with van der Waals surface area (Å²) in [6.07, 6.45) is 1.58. The van der Waals surface area contributed by atoms with Crippen LogP contribution in [0.4, 0.5) is 0 Å². The number of ether oxygens (including phenoxy) is 1. The van der Waals surface area contributed by atoms with Gasteiger partial charge in [-0.05, 0) is 40.5 Å². The lowest BCUT2D eigenvalue weighted by molar-refractivity contribution is -0.155. The Morgan fingerprint density at radius 2 is 1.88 bits per heavy atom. The number of hydrogen-bond donors (Lipinski definition) is 1. The molecule has 0 spiro atoms. The quantitative estimate of drug-likeness (QED) is 0.555. The van der Waals surface area contributed by atoms with Crippen LogP contribution in [0.3, 0.4) is 0 Å². The number of esters is 1. The number of rotatable bonds is 6. The average molecular weight is 227 g/mol. The van der Waals surface area contributed by atoms with Crippen LogP contribution in [0.5, 0.6) is 0 Å². The minimum atomic E-state index is -0.493. The highest BCUT2D eigenvalue weighted by Gasteiger charge is 2.16. The number of amides is 1. The van der Waals surface area contributed by atoms with Crippen LogP contribution in [0.15, 0.2) is 0 Å². The molecule has 0 saturated carbocycles. The molecule has 0 saturated heterocycles. The minimum absolute atomic E-state index is 0.117. The molecular formula is C12H21NO3. The summed E-state index contributed by atoms with van der Waals surface area (Å²) >= 11 is 0. The van der Waals surface area contributed by atoms with E-state index in [0.717, 1.165) is 6.42 Å². The molecule has 0 atom stereocenters. The van der Waals surface area contributed by atoms with E-state index in [2.05, 4.69) is 5.32 Å². The van der Waals surface area contributed by atoms with Gasteiger partial charge < -0.3 is 10.1 Å². The molecule has 16 heavy (non-hydrogen) atoms. The lowest BCUT2D eigenvalue weighted by atomic mass is 10.2. The van der Waals surface area contributed by atoms with Crippen LogP contribution in [-0.4, -0.2) is 24.0 Å². The van der Waals surface area contributed by atoms with E-state index in [1.54, 1.807) is 20.8 Å². The average Bonchev–Trinajstić information content (AvgIpc) is 2.12. The van der Waals surface area contributed by atoms with Crippen LogP contribution in [-0.2, 0) is 14.3 Å². The maximum Gasteiger partial charge on any atom is 0.306 e. The zero-order valence-electron chi connectivity index (χ0n) is 10.3. The summed E-state index contributed by atoms with van der Waals surface area (Å²) in [6.45, 7) is 11.2. The van der Waals surface area contributed by atoms with Gasteiger partial charge in [0.25, 0.3) is 0 Å². The Labute approximate surface area is 97.7 Å². The fourth-order valence-electron chi connectivity index (χ4n) is 1.03. The Balaban J connectivity index is 3.63. The molecule has 2 radical (unpaired) electrons. The van der Waals surface area contributed by atoms with Gasteiger partial charge in [-0.2, -0.15) is 0 Å². The monoisotopic (exact) mass is 227 g/mol. The van der Waals surface area contributed by atoms with E-state index in [-0.39, 0.29) is 24.7 Å². The van der Waals surface area contributed by atoms with Gasteiger partial charge in [0.2, 0.25) is 5.91 Å². The standard InChI is InChI=1S/C12H21NO3/c1-5-6-9-13-10(14)7-8-11(15)16-12(2,3)4/h1H,5-9H2,2-4H3,(H,13,14). The van der Waals surface area contributed by atoms with Crippen LogP contribution in [0.1, 0.15) is 46.5 Å². The van der Waals surface area contributed by atoms with Crippen molar-refractivity contribution in [3.8, 4) is 0 Å². The number of carbonyl (C=O) groups excluding carboxylic acids is 2. The Morgan fingerprint density at radius 3 is 2.38 bits per heavy atom. The number of unbranched alkanes of at least 4 members (excludes halogenated alkanes) is 1. The summed E-state index contributed by atoms with van der Waals surface area (Å²) in [5.41, 5.74) is -0.493. The molecule has 0 aromatic carbocycles. The minimum Gasteiger partial charge on any atom is -0.460 e. The third-order valence-electron chi connectivity index (χ3n) is 1.68. The molecule has 0 unspecified atom stereocenters. The third-order valence-corrected chi connectivity index (χ3v) is 1.68. The largest absolute Gasteiger partial charge is 0.460 e. The highest BCUT2D eigenvalue weighted by atomic mass is 16.6. The number of hydrogen-bond acceptors (Lipinski definition) is 3. The molecule has 4 nitrogen and oxygen atoms in total. The summed E-state index contributed by atoms with van der Waals surface area (Å²) < 4.78 is 5.07. The number of carbonyl (C=O) groups is 2. The van der Waals surface area contributed by atoms with Gasteiger partial charge in [-0.1, -0.05) is 0 Å². The van der Waals surface area contributed by atoms with Crippen LogP contribution >= 0.6 is 0 Å². The molecule has 0 aliphatic carbocycles. The Bertz CT molecular complexity index is 231. The van der Waals surface area contributed by atoms with Crippen molar-refractivity contribution in [3.05, 3.63) is 6.92 Å². The fourth-order valence-corrected chi connectivity index (χ4v) is 1.03. The SMILES string of the molecule is [CH]CCCNC(=O)CCC(=O)OC(C)(C)C. The lowest BCUT2D eigenvalue weighted by Crippen LogP contribution is -2.27. The first-order valence-electron chi connectivity index (χ1n) is 5.54. The van der Waals surface area contributed by atoms with Crippen LogP contribution in [0.2, 0.25) is 0 Å². The molecule has 0 fully saturated rings. The highest BCUT2D eigenvalue weighted by Crippen LogP contribution is 2.08. The number of nitrogens with one attached hydrogen (secondary N) is 1. The first-order chi connectivity index (χ1) is 7.35. The van der Waals surface area contributed by atoms with Crippen LogP contribution in [0.25, 0.3) is 0 Å². The zero-order valence-corrected chi connectivity index (χ0v) is 10.3. The molecule has 0 aliphatic heterocycles. The molecule has 0 aliphatic rings. The Hall–Kier alpha value is -1.06. The molecule has 4 heteroatoms. The van der Waals surface area contributed by atoms with Gasteiger partial charge in [-0.15, -0.1) is 0 Å². The van der Waals surface area contributed by atoms with E-state index >= 15 is 0 Å². The maximum atomic E-state index is 11.3. The van der Waals surface area contributed by atoms with Crippen molar-refractivity contribution in [1.29, 1.82) is 0 Å². The van der Waals surface area contributed by atoms with Gasteiger partial charge in [0.15, 0.2) is 0 Å². The summed E-state index contributed by atoms with van der Waals surface area (Å²) in [5, 5.41) is 2.68. The van der Waals surface area contributed by atoms with Gasteiger partial charge in [0.05, 0.1) is 6.42 Å². The molecule has 0 aromatic heterocycles. The molecular weight excluding hydrogens is 206 g/mol. The van der Waals surface area contributed by atoms with Crippen molar-refractivity contribution in [2.24, 2.45) is 0 Å². The highest BCUT2D eigenvalue weighted by molar-refractivity contribution is 5.81. The van der Waals surface area contributed by atoms with Crippen molar-refractivity contribution in [2.75, 3.05) is 6.54 Å². The predicted octanol–water partition coefficient (Wildman–Crippen LogP) is 1.72. The summed E-state index contributed by atoms with van der Waals surface area (Å²) in [4.78, 5) is 22.5. The second kappa shape index (κ2) is 7.25. The Morgan fingerprint density at radius 1 is 1.25 bits per heavy atom. The van der Waals surface area contributed by atoms with Gasteiger partial charge in [-0.25, -0.2) is 0 Å². The van der Waals surface area contributed by atoms with Crippen molar-refractivity contribution < 1.29 is 14.3 Å². The Kier molecular flexibility index (Phi) is 6.77. The molecule has 1 amide bonds. The van der Waals surface area contributed by atoms with Gasteiger partial charge in [0.1, 0.15) is 5.60 Å². The molecule has 0 bridgehead atoms. The zero-order chi connectivity index (χ0) is 12.6. The topological polar surface area (TPSA) is 55.4 Å². The fraction of sp³-hybridized carbons (Fsp3) is 0.750. The van der Waals surface area contributed by atoms with Gasteiger partial charge in [-0.3, -0.25) is 9.59 Å². The van der Waals surface area contributed by atoms with E-state index in [9.17, 15) is 9.59 Å². The normalized spacial score (nSPS) is 11.0. The van der Waals surface area contributed by atoms with Crippen molar-refractivity contribution >= 4 is 11.9 Å². The molecule has 92 valence electrons. The van der Waals surface area contributed by atoms with E-state index in [1.807, 2.05) is 0 Å². The third kappa shape index (κ3) is 9.49. The predicted molar refractivity (Wildman–Crippen MR) is 61.6 cm³/mol. The first kappa shape index (κ1) is 14.9. The molecule has 1 N–H and O–H groups in total.